The molecular formula is C62H104N4O46. The summed E-state index contributed by atoms with van der Waals surface area (Å²) in [7, 11) is 0. The molecule has 0 aliphatic carbocycles. The Bertz CT molecular complexity index is 2970. The summed E-state index contributed by atoms with van der Waals surface area (Å²) in [5, 5.41) is 287. The number of ether oxygens (including phenoxy) is 17. The number of aliphatic hydroxyl groups is 25. The number of carbonyl (C=O) groups is 4. The molecule has 9 aliphatic rings. The number of nitrogens with one attached hydrogen (secondary N) is 4. The second kappa shape index (κ2) is 40.3. The van der Waals surface area contributed by atoms with Crippen molar-refractivity contribution in [1.29, 1.82) is 0 Å². The van der Waals surface area contributed by atoms with E-state index < -0.39 is 359 Å². The van der Waals surface area contributed by atoms with Crippen LogP contribution in [0.5, 0.6) is 0 Å². The van der Waals surface area contributed by atoms with Crippen LogP contribution in [-0.2, 0) is 99.7 Å². The minimum atomic E-state index is -2.60. The molecule has 0 bridgehead atoms. The number of amides is 4. The van der Waals surface area contributed by atoms with Crippen LogP contribution in [0.3, 0.4) is 0 Å². The second-order valence-corrected chi connectivity index (χ2v) is 28.2. The number of aliphatic hydroxyl groups excluding tert-OH is 25. The van der Waals surface area contributed by atoms with E-state index in [2.05, 4.69) is 21.3 Å². The Morgan fingerprint density at radius 2 is 0.482 bits per heavy atom. The standard InChI is InChI=1S/C62H104N4O46/c1-14(75)63-27-35(83)47(21(8-70)97-54(27)95)106-55-28(64-15(2)76)37(85)50(24(11-73)101-55)110-61-46(94)52(34(82)26(105-61)13-96-58-42(90)39(87)31(79)18(5-67)98-58)111-62-53(112-57-30(66-17(4)78)38(86)49(23(10-72)103-57)109-60-44(92)41(89)33(81)20(7-69)100-60)45(93)51(25(12-74)104-62)107-56-29(65-16(3)77)36(84)48(22(9-71)102-56)108-59-43(91)40(88)32(80)19(6-68)99-59/h18-62,67-74,79-95H,5-13H2,1-4H3,(H,63,75)(H,64,76)(H,65,77)(H,66,78)/t18-,19-,20-,21-,22-,23-,24-,25-,26-,27-,28-,29-,30-,31-,32+,33+,34-,35-,36-,37-,38-,39+,40+,41+,42+,43-,44-,45+,46+,47-,48-,49-,50-,51-,52+,53+,54-,55+,56+,57+,58+,59+,60+,61-,62-/m1/s1. The van der Waals surface area contributed by atoms with Crippen molar-refractivity contribution >= 4 is 23.6 Å². The maximum Gasteiger partial charge on any atom is 0.217 e. The monoisotopic (exact) mass is 1640 g/mol. The predicted octanol–water partition coefficient (Wildman–Crippen LogP) is -20.1. The molecule has 112 heavy (non-hydrogen) atoms. The maximum absolute atomic E-state index is 13.2. The Balaban J connectivity index is 1.09. The first-order chi connectivity index (χ1) is 53.0. The van der Waals surface area contributed by atoms with Crippen molar-refractivity contribution in [2.45, 2.75) is 304 Å². The molecule has 50 nitrogen and oxygen atoms in total. The van der Waals surface area contributed by atoms with E-state index >= 15 is 0 Å². The van der Waals surface area contributed by atoms with Gasteiger partial charge >= 0.3 is 0 Å². The van der Waals surface area contributed by atoms with Crippen LogP contribution in [0.25, 0.3) is 0 Å². The molecule has 0 aromatic heterocycles. The van der Waals surface area contributed by atoms with Crippen molar-refractivity contribution in [2.75, 3.05) is 59.5 Å². The van der Waals surface area contributed by atoms with Crippen LogP contribution >= 0.6 is 0 Å². The summed E-state index contributed by atoms with van der Waals surface area (Å²) in [4.78, 5) is 51.3. The van der Waals surface area contributed by atoms with Crippen molar-refractivity contribution in [3.8, 4) is 0 Å². The average molecular weight is 1640 g/mol. The highest BCUT2D eigenvalue weighted by atomic mass is 16.8. The number of hydrogen-bond donors (Lipinski definition) is 29. The van der Waals surface area contributed by atoms with Crippen LogP contribution in [0, 0.1) is 0 Å². The van der Waals surface area contributed by atoms with Gasteiger partial charge in [-0.1, -0.05) is 0 Å². The van der Waals surface area contributed by atoms with Gasteiger partial charge in [0, 0.05) is 27.7 Å². The number of rotatable bonds is 29. The zero-order valence-electron chi connectivity index (χ0n) is 60.1. The molecule has 9 aliphatic heterocycles. The molecule has 0 saturated carbocycles. The highest BCUT2D eigenvalue weighted by Crippen LogP contribution is 2.41. The molecule has 0 unspecified atom stereocenters. The molecule has 9 saturated heterocycles. The zero-order chi connectivity index (χ0) is 82.5. The Labute approximate surface area is 634 Å². The minimum absolute atomic E-state index is 0.784. The van der Waals surface area contributed by atoms with Gasteiger partial charge in [-0.3, -0.25) is 19.2 Å². The molecule has 45 atom stereocenters. The number of hydrogen-bond acceptors (Lipinski definition) is 46. The summed E-state index contributed by atoms with van der Waals surface area (Å²) in [6.45, 7) is -6.13. The Morgan fingerprint density at radius 1 is 0.232 bits per heavy atom. The molecule has 0 aromatic carbocycles. The van der Waals surface area contributed by atoms with E-state index in [0.29, 0.717) is 0 Å². The third-order valence-electron chi connectivity index (χ3n) is 20.4. The van der Waals surface area contributed by atoms with Crippen molar-refractivity contribution in [1.82, 2.24) is 21.3 Å². The SMILES string of the molecule is CC(=O)N[C@@H]1[C@@H](O)[C@H](O[C@@H]2O[C@H](CO)[C@@H](O[C@H]3O[C@H](CO[C@H]4O[C@H](CO)[C@@H](O)[C@H](O)[C@@H]4O)[C@@H](O)[C@H](O[C@H]4O[C@H](CO)[C@@H](O[C@@H]5O[C@H](CO)[C@@H](O[C@@H]6O[C@H](CO)[C@H](O)[C@H](O)[C@H]6O)[C@H](O)[C@H]5NC(C)=O)[C@H](O)[C@@H]4O[C@@H]4O[C@H](CO)[C@@H](O[C@@H]5O[C@H](CO)[C@H](O)[C@H](O)[C@H]5O)[C@H](O)[C@H]4NC(C)=O)[C@@H]3O)[C@H](O)[C@H]2NC(C)=O)[C@@H](CO)O[C@H]1O. The zero-order valence-corrected chi connectivity index (χ0v) is 60.1. The van der Waals surface area contributed by atoms with Gasteiger partial charge in [0.25, 0.3) is 0 Å². The topological polar surface area (TPSA) is 779 Å². The Hall–Kier alpha value is -3.80. The largest absolute Gasteiger partial charge is 0.394 e. The molecule has 9 fully saturated rings. The third-order valence-corrected chi connectivity index (χ3v) is 20.4. The van der Waals surface area contributed by atoms with E-state index in [9.17, 15) is 147 Å². The van der Waals surface area contributed by atoms with Crippen LogP contribution < -0.4 is 21.3 Å². The van der Waals surface area contributed by atoms with E-state index in [-0.39, 0.29) is 0 Å². The highest BCUT2D eigenvalue weighted by molar-refractivity contribution is 5.74. The summed E-state index contributed by atoms with van der Waals surface area (Å²) in [6.07, 6.45) is -85.9. The van der Waals surface area contributed by atoms with Gasteiger partial charge in [0.05, 0.1) is 59.5 Å². The van der Waals surface area contributed by atoms with Gasteiger partial charge in [-0.25, -0.2) is 0 Å². The molecule has 4 amide bonds. The maximum atomic E-state index is 13.2. The van der Waals surface area contributed by atoms with Crippen molar-refractivity contribution in [3.05, 3.63) is 0 Å². The summed E-state index contributed by atoms with van der Waals surface area (Å²) in [5.74, 6) is -3.70. The molecular weight excluding hydrogens is 1540 g/mol. The van der Waals surface area contributed by atoms with Gasteiger partial charge in [-0.2, -0.15) is 0 Å². The van der Waals surface area contributed by atoms with Crippen LogP contribution in [0.15, 0.2) is 0 Å². The van der Waals surface area contributed by atoms with Gasteiger partial charge in [-0.15, -0.1) is 0 Å². The van der Waals surface area contributed by atoms with E-state index in [1.54, 1.807) is 0 Å². The first-order valence-electron chi connectivity index (χ1n) is 35.6. The Kier molecular flexibility index (Phi) is 33.1. The molecule has 50 heteroatoms. The second-order valence-electron chi connectivity index (χ2n) is 28.2. The van der Waals surface area contributed by atoms with Gasteiger partial charge in [0.2, 0.25) is 23.6 Å². The van der Waals surface area contributed by atoms with Crippen LogP contribution in [-0.4, -0.2) is 487 Å². The molecule has 29 N–H and O–H groups in total. The Morgan fingerprint density at radius 3 is 0.830 bits per heavy atom. The van der Waals surface area contributed by atoms with Gasteiger partial charge in [0.15, 0.2) is 56.6 Å². The fourth-order valence-electron chi connectivity index (χ4n) is 14.5. The van der Waals surface area contributed by atoms with Gasteiger partial charge in [0.1, 0.15) is 219 Å². The first-order valence-corrected chi connectivity index (χ1v) is 35.6. The average Bonchev–Trinajstić information content (AvgIpc) is 0.755. The normalized spacial score (nSPS) is 48.9. The predicted molar refractivity (Wildman–Crippen MR) is 343 cm³/mol. The molecule has 0 spiro atoms. The summed E-state index contributed by atoms with van der Waals surface area (Å²) in [5.41, 5.74) is 0. The minimum Gasteiger partial charge on any atom is -0.394 e. The summed E-state index contributed by atoms with van der Waals surface area (Å²) < 4.78 is 101. The van der Waals surface area contributed by atoms with Crippen molar-refractivity contribution < 1.29 is 227 Å². The van der Waals surface area contributed by atoms with Crippen molar-refractivity contribution in [3.63, 3.8) is 0 Å². The summed E-state index contributed by atoms with van der Waals surface area (Å²) >= 11 is 0. The molecule has 0 aromatic rings. The van der Waals surface area contributed by atoms with E-state index in [0.717, 1.165) is 27.7 Å². The van der Waals surface area contributed by atoms with Crippen LogP contribution in [0.4, 0.5) is 0 Å². The van der Waals surface area contributed by atoms with Crippen LogP contribution in [0.1, 0.15) is 27.7 Å². The number of carbonyl (C=O) groups excluding carboxylic acids is 4. The lowest BCUT2D eigenvalue weighted by molar-refractivity contribution is -0.406. The lowest BCUT2D eigenvalue weighted by atomic mass is 9.93. The van der Waals surface area contributed by atoms with Gasteiger partial charge < -0.3 is 229 Å². The quantitative estimate of drug-likeness (QED) is 0.0331. The van der Waals surface area contributed by atoms with Crippen molar-refractivity contribution in [2.24, 2.45) is 0 Å². The molecule has 9 heterocycles. The lowest BCUT2D eigenvalue weighted by Crippen LogP contribution is -2.71. The van der Waals surface area contributed by atoms with Crippen LogP contribution in [0.2, 0.25) is 0 Å². The third kappa shape index (κ3) is 20.2. The fourth-order valence-corrected chi connectivity index (χ4v) is 14.5. The van der Waals surface area contributed by atoms with E-state index in [4.69, 9.17) is 80.5 Å². The first kappa shape index (κ1) is 92.1. The molecule has 9 rings (SSSR count). The van der Waals surface area contributed by atoms with E-state index in [1.807, 2.05) is 0 Å². The molecule has 0 radical (unpaired) electrons. The smallest absolute Gasteiger partial charge is 0.217 e. The fraction of sp³-hybridized carbons (Fsp3) is 0.935. The lowest BCUT2D eigenvalue weighted by Gasteiger charge is -2.52. The highest BCUT2D eigenvalue weighted by Gasteiger charge is 2.62. The summed E-state index contributed by atoms with van der Waals surface area (Å²) in [6, 6.07) is -7.58. The molecule has 648 valence electrons. The van der Waals surface area contributed by atoms with Gasteiger partial charge in [-0.05, 0) is 0 Å². The van der Waals surface area contributed by atoms with E-state index in [1.165, 1.54) is 0 Å².